The third-order valence-electron chi connectivity index (χ3n) is 4.71. The molecule has 0 spiro atoms. The van der Waals surface area contributed by atoms with E-state index < -0.39 is 15.8 Å². The fraction of sp³-hybridized carbons (Fsp3) is 0.444. The highest BCUT2D eigenvalue weighted by Crippen LogP contribution is 2.27. The van der Waals surface area contributed by atoms with Crippen LogP contribution in [0.25, 0.3) is 0 Å². The Bertz CT molecular complexity index is 827. The molecule has 1 aromatic carbocycles. The number of carbonyl (C=O) groups excluding carboxylic acids is 1. The molecule has 3 rings (SSSR count). The van der Waals surface area contributed by atoms with Crippen molar-refractivity contribution in [3.63, 3.8) is 0 Å². The molecule has 0 bridgehead atoms. The molecular weight excluding hydrogens is 359 g/mol. The Kier molecular flexibility index (Phi) is 5.83. The van der Waals surface area contributed by atoms with Gasteiger partial charge in [0.05, 0.1) is 11.1 Å². The van der Waals surface area contributed by atoms with Gasteiger partial charge in [-0.2, -0.15) is 4.31 Å². The van der Waals surface area contributed by atoms with E-state index in [1.165, 1.54) is 28.9 Å². The maximum absolute atomic E-state index is 13.0. The number of hydrogen-bond acceptors (Lipinski definition) is 5. The van der Waals surface area contributed by atoms with E-state index in [0.29, 0.717) is 25.4 Å². The minimum atomic E-state index is -3.57. The largest absolute Gasteiger partial charge is 0.442 e. The normalized spacial score (nSPS) is 16.7. The third-order valence-corrected chi connectivity index (χ3v) is 6.62. The number of oxazole rings is 1. The predicted octanol–water partition coefficient (Wildman–Crippen LogP) is 3.27. The Morgan fingerprint density at radius 3 is 2.54 bits per heavy atom. The van der Waals surface area contributed by atoms with Crippen molar-refractivity contribution in [3.05, 3.63) is 48.4 Å². The van der Waals surface area contributed by atoms with Gasteiger partial charge in [-0.3, -0.25) is 4.79 Å². The van der Waals surface area contributed by atoms with Crippen LogP contribution in [0.4, 0.5) is 4.39 Å². The topological polar surface area (TPSA) is 80.5 Å². The van der Waals surface area contributed by atoms with E-state index >= 15 is 0 Å². The number of nitrogens with zero attached hydrogens (tertiary/aromatic N) is 2. The highest BCUT2D eigenvalue weighted by Gasteiger charge is 2.29. The van der Waals surface area contributed by atoms with Gasteiger partial charge in [-0.1, -0.05) is 0 Å². The fourth-order valence-corrected chi connectivity index (χ4v) is 4.68. The number of sulfonamides is 1. The molecule has 1 aliphatic heterocycles. The van der Waals surface area contributed by atoms with Crippen molar-refractivity contribution in [2.75, 3.05) is 13.1 Å². The molecule has 1 saturated heterocycles. The Morgan fingerprint density at radius 2 is 1.92 bits per heavy atom. The van der Waals surface area contributed by atoms with E-state index in [4.69, 9.17) is 4.42 Å². The number of halogens is 1. The second-order valence-corrected chi connectivity index (χ2v) is 8.39. The van der Waals surface area contributed by atoms with Crippen molar-refractivity contribution in [1.29, 1.82) is 0 Å². The van der Waals surface area contributed by atoms with Crippen LogP contribution >= 0.6 is 0 Å². The van der Waals surface area contributed by atoms with Crippen molar-refractivity contribution in [1.82, 2.24) is 9.29 Å². The summed E-state index contributed by atoms with van der Waals surface area (Å²) in [5.41, 5.74) is 0. The van der Waals surface area contributed by atoms with Gasteiger partial charge in [0, 0.05) is 19.5 Å². The van der Waals surface area contributed by atoms with Crippen molar-refractivity contribution in [3.8, 4) is 0 Å². The number of aromatic nitrogens is 1. The van der Waals surface area contributed by atoms with Gasteiger partial charge in [0.15, 0.2) is 0 Å². The van der Waals surface area contributed by atoms with E-state index in [1.54, 1.807) is 0 Å². The lowest BCUT2D eigenvalue weighted by Crippen LogP contribution is -2.38. The van der Waals surface area contributed by atoms with Gasteiger partial charge in [0.1, 0.15) is 12.1 Å². The van der Waals surface area contributed by atoms with E-state index in [9.17, 15) is 17.6 Å². The molecule has 0 atom stereocenters. The van der Waals surface area contributed by atoms with Crippen LogP contribution in [0.1, 0.15) is 42.8 Å². The molecule has 0 amide bonds. The maximum Gasteiger partial charge on any atom is 0.263 e. The molecule has 8 heteroatoms. The minimum Gasteiger partial charge on any atom is -0.442 e. The molecule has 2 aromatic rings. The molecule has 0 N–H and O–H groups in total. The summed E-state index contributed by atoms with van der Waals surface area (Å²) in [5.74, 6) is -0.0227. The number of ketones is 1. The molecule has 26 heavy (non-hydrogen) atoms. The molecule has 0 aliphatic carbocycles. The van der Waals surface area contributed by atoms with E-state index in [0.717, 1.165) is 37.8 Å². The summed E-state index contributed by atoms with van der Waals surface area (Å²) in [6, 6.07) is 4.91. The molecule has 1 aromatic heterocycles. The SMILES string of the molecule is O=C(CCCC1CCN(S(=O)(=O)c2ccc(F)cc2)CC1)c1ncco1. The predicted molar refractivity (Wildman–Crippen MR) is 92.6 cm³/mol. The van der Waals surface area contributed by atoms with Gasteiger partial charge in [0.25, 0.3) is 5.89 Å². The van der Waals surface area contributed by atoms with Crippen molar-refractivity contribution < 1.29 is 22.0 Å². The number of carbonyl (C=O) groups is 1. The summed E-state index contributed by atoms with van der Waals surface area (Å²) >= 11 is 0. The number of hydrogen-bond donors (Lipinski definition) is 0. The standard InChI is InChI=1S/C18H21FN2O4S/c19-15-4-6-16(7-5-15)26(23,24)21-11-8-14(9-12-21)2-1-3-17(22)18-20-10-13-25-18/h4-7,10,13-14H,1-3,8-9,11-12H2. The van der Waals surface area contributed by atoms with Gasteiger partial charge in [0.2, 0.25) is 15.8 Å². The van der Waals surface area contributed by atoms with Crippen LogP contribution in [0.2, 0.25) is 0 Å². The summed E-state index contributed by atoms with van der Waals surface area (Å²) in [5, 5.41) is 0. The number of rotatable bonds is 7. The summed E-state index contributed by atoms with van der Waals surface area (Å²) in [6.45, 7) is 0.885. The van der Waals surface area contributed by atoms with Crippen molar-refractivity contribution in [2.24, 2.45) is 5.92 Å². The van der Waals surface area contributed by atoms with E-state index in [-0.39, 0.29) is 16.6 Å². The lowest BCUT2D eigenvalue weighted by atomic mass is 9.92. The number of benzene rings is 1. The van der Waals surface area contributed by atoms with Crippen LogP contribution in [-0.4, -0.2) is 36.6 Å². The first-order chi connectivity index (χ1) is 12.5. The first-order valence-corrected chi connectivity index (χ1v) is 10.1. The van der Waals surface area contributed by atoms with Gasteiger partial charge in [-0.05, 0) is 55.9 Å². The summed E-state index contributed by atoms with van der Waals surface area (Å²) < 4.78 is 44.6. The first kappa shape index (κ1) is 18.7. The smallest absolute Gasteiger partial charge is 0.263 e. The zero-order valence-corrected chi connectivity index (χ0v) is 15.1. The minimum absolute atomic E-state index is 0.105. The quantitative estimate of drug-likeness (QED) is 0.689. The second kappa shape index (κ2) is 8.09. The van der Waals surface area contributed by atoms with Gasteiger partial charge < -0.3 is 4.42 Å². The Labute approximate surface area is 152 Å². The van der Waals surface area contributed by atoms with Crippen molar-refractivity contribution >= 4 is 15.8 Å². The molecule has 2 heterocycles. The molecule has 1 aliphatic rings. The molecule has 0 saturated carbocycles. The van der Waals surface area contributed by atoms with Gasteiger partial charge in [-0.15, -0.1) is 0 Å². The van der Waals surface area contributed by atoms with Crippen LogP contribution in [-0.2, 0) is 10.0 Å². The summed E-state index contributed by atoms with van der Waals surface area (Å²) in [6.07, 6.45) is 6.33. The lowest BCUT2D eigenvalue weighted by molar-refractivity contribution is 0.0942. The molecule has 0 radical (unpaired) electrons. The van der Waals surface area contributed by atoms with Crippen LogP contribution < -0.4 is 0 Å². The molecule has 1 fully saturated rings. The van der Waals surface area contributed by atoms with Crippen molar-refractivity contribution in [2.45, 2.75) is 37.0 Å². The monoisotopic (exact) mass is 380 g/mol. The molecule has 6 nitrogen and oxygen atoms in total. The molecule has 140 valence electrons. The van der Waals surface area contributed by atoms with Crippen LogP contribution in [0.15, 0.2) is 46.0 Å². The Morgan fingerprint density at radius 1 is 1.23 bits per heavy atom. The fourth-order valence-electron chi connectivity index (χ4n) is 3.21. The average Bonchev–Trinajstić information content (AvgIpc) is 3.17. The summed E-state index contributed by atoms with van der Waals surface area (Å²) in [4.78, 5) is 15.8. The highest BCUT2D eigenvalue weighted by molar-refractivity contribution is 7.89. The highest BCUT2D eigenvalue weighted by atomic mass is 32.2. The van der Waals surface area contributed by atoms with E-state index in [2.05, 4.69) is 4.98 Å². The van der Waals surface area contributed by atoms with Gasteiger partial charge in [-0.25, -0.2) is 17.8 Å². The van der Waals surface area contributed by atoms with E-state index in [1.807, 2.05) is 0 Å². The lowest BCUT2D eigenvalue weighted by Gasteiger charge is -2.31. The number of piperidine rings is 1. The Hall–Kier alpha value is -2.06. The zero-order valence-electron chi connectivity index (χ0n) is 14.3. The maximum atomic E-state index is 13.0. The molecular formula is C18H21FN2O4S. The van der Waals surface area contributed by atoms with Crippen LogP contribution in [0.3, 0.4) is 0 Å². The number of Topliss-reactive ketones (excluding diaryl/α,β-unsaturated/α-hetero) is 1. The van der Waals surface area contributed by atoms with Crippen LogP contribution in [0.5, 0.6) is 0 Å². The third kappa shape index (κ3) is 4.37. The molecule has 0 unspecified atom stereocenters. The van der Waals surface area contributed by atoms with Crippen LogP contribution in [0, 0.1) is 11.7 Å². The Balaban J connectivity index is 1.46. The summed E-state index contributed by atoms with van der Waals surface area (Å²) in [7, 11) is -3.57. The van der Waals surface area contributed by atoms with Gasteiger partial charge >= 0.3 is 0 Å². The second-order valence-electron chi connectivity index (χ2n) is 6.45. The first-order valence-electron chi connectivity index (χ1n) is 8.65. The zero-order chi connectivity index (χ0) is 18.6. The average molecular weight is 380 g/mol.